The summed E-state index contributed by atoms with van der Waals surface area (Å²) < 4.78 is 0. The molecular weight excluding hydrogens is 366 g/mol. The maximum absolute atomic E-state index is 11.9. The number of hydrazone groups is 1. The number of amides is 1. The first-order chi connectivity index (χ1) is 12.0. The number of aliphatic hydroxyl groups is 1. The van der Waals surface area contributed by atoms with E-state index in [1.165, 1.54) is 24.0 Å². The van der Waals surface area contributed by atoms with E-state index in [4.69, 9.17) is 16.7 Å². The SMILES string of the molecule is O=C(NN=Cc1ccc(SCCO)c([N+](=O)[O-])c1)c1ccc(Cl)cc1. The summed E-state index contributed by atoms with van der Waals surface area (Å²) in [5, 5.41) is 24.3. The summed E-state index contributed by atoms with van der Waals surface area (Å²) in [7, 11) is 0. The summed E-state index contributed by atoms with van der Waals surface area (Å²) in [6.45, 7) is -0.0677. The summed E-state index contributed by atoms with van der Waals surface area (Å²) in [6, 6.07) is 10.9. The average Bonchev–Trinajstić information content (AvgIpc) is 2.60. The van der Waals surface area contributed by atoms with Gasteiger partial charge in [-0.2, -0.15) is 5.10 Å². The molecule has 2 rings (SSSR count). The summed E-state index contributed by atoms with van der Waals surface area (Å²) in [6.07, 6.45) is 1.32. The zero-order valence-electron chi connectivity index (χ0n) is 12.9. The molecular formula is C16H14ClN3O4S. The highest BCUT2D eigenvalue weighted by atomic mass is 35.5. The lowest BCUT2D eigenvalue weighted by molar-refractivity contribution is -0.387. The Morgan fingerprint density at radius 3 is 2.68 bits per heavy atom. The van der Waals surface area contributed by atoms with Crippen molar-refractivity contribution in [1.82, 2.24) is 5.43 Å². The highest BCUT2D eigenvalue weighted by Crippen LogP contribution is 2.29. The van der Waals surface area contributed by atoms with Crippen LogP contribution in [0.2, 0.25) is 5.02 Å². The Bertz CT molecular complexity index is 796. The number of thioether (sulfide) groups is 1. The number of halogens is 1. The minimum atomic E-state index is -0.497. The van der Waals surface area contributed by atoms with E-state index in [0.29, 0.717) is 26.8 Å². The monoisotopic (exact) mass is 379 g/mol. The number of carbonyl (C=O) groups excluding carboxylic acids is 1. The zero-order chi connectivity index (χ0) is 18.2. The molecule has 2 N–H and O–H groups in total. The van der Waals surface area contributed by atoms with Crippen LogP contribution in [0.25, 0.3) is 0 Å². The lowest BCUT2D eigenvalue weighted by atomic mass is 10.2. The lowest BCUT2D eigenvalue weighted by Crippen LogP contribution is -2.17. The van der Waals surface area contributed by atoms with E-state index in [1.807, 2.05) is 0 Å². The Hall–Kier alpha value is -2.42. The quantitative estimate of drug-likeness (QED) is 0.333. The minimum Gasteiger partial charge on any atom is -0.396 e. The van der Waals surface area contributed by atoms with Crippen molar-refractivity contribution in [2.45, 2.75) is 4.90 Å². The molecule has 0 aliphatic carbocycles. The summed E-state index contributed by atoms with van der Waals surface area (Å²) in [5.41, 5.74) is 3.13. The van der Waals surface area contributed by atoms with Gasteiger partial charge in [-0.3, -0.25) is 14.9 Å². The van der Waals surface area contributed by atoms with Gasteiger partial charge in [0, 0.05) is 28.0 Å². The first kappa shape index (κ1) is 18.9. The third-order valence-electron chi connectivity index (χ3n) is 3.01. The largest absolute Gasteiger partial charge is 0.396 e. The Morgan fingerprint density at radius 1 is 1.32 bits per heavy atom. The van der Waals surface area contributed by atoms with Crippen LogP contribution >= 0.6 is 23.4 Å². The van der Waals surface area contributed by atoms with Crippen molar-refractivity contribution in [3.8, 4) is 0 Å². The third kappa shape index (κ3) is 5.56. The Balaban J connectivity index is 2.07. The van der Waals surface area contributed by atoms with E-state index < -0.39 is 10.8 Å². The summed E-state index contributed by atoms with van der Waals surface area (Å²) >= 11 is 6.95. The van der Waals surface area contributed by atoms with Crippen LogP contribution in [0.1, 0.15) is 15.9 Å². The second-order valence-corrected chi connectivity index (χ2v) is 6.34. The van der Waals surface area contributed by atoms with E-state index in [1.54, 1.807) is 36.4 Å². The molecule has 25 heavy (non-hydrogen) atoms. The van der Waals surface area contributed by atoms with Gasteiger partial charge in [-0.1, -0.05) is 17.7 Å². The Kier molecular flexibility index (Phi) is 6.93. The Morgan fingerprint density at radius 2 is 2.04 bits per heavy atom. The van der Waals surface area contributed by atoms with Crippen molar-refractivity contribution >= 4 is 41.2 Å². The van der Waals surface area contributed by atoms with Crippen LogP contribution in [0, 0.1) is 10.1 Å². The van der Waals surface area contributed by atoms with Crippen molar-refractivity contribution in [3.63, 3.8) is 0 Å². The smallest absolute Gasteiger partial charge is 0.283 e. The third-order valence-corrected chi connectivity index (χ3v) is 4.31. The molecule has 0 spiro atoms. The number of benzene rings is 2. The van der Waals surface area contributed by atoms with Crippen LogP contribution in [-0.4, -0.2) is 34.5 Å². The predicted octanol–water partition coefficient (Wildman–Crippen LogP) is 3.10. The van der Waals surface area contributed by atoms with E-state index >= 15 is 0 Å². The number of nitro benzene ring substituents is 1. The van der Waals surface area contributed by atoms with Gasteiger partial charge in [-0.15, -0.1) is 11.8 Å². The molecule has 0 aromatic heterocycles. The number of nitro groups is 1. The Labute approximate surface area is 152 Å². The summed E-state index contributed by atoms with van der Waals surface area (Å²) in [5.74, 6) is -0.0525. The van der Waals surface area contributed by atoms with Gasteiger partial charge in [0.05, 0.1) is 22.6 Å². The molecule has 0 aliphatic rings. The molecule has 0 saturated carbocycles. The fourth-order valence-corrected chi connectivity index (χ4v) is 2.75. The highest BCUT2D eigenvalue weighted by molar-refractivity contribution is 7.99. The molecule has 2 aromatic rings. The number of rotatable bonds is 7. The molecule has 1 amide bonds. The first-order valence-corrected chi connectivity index (χ1v) is 8.48. The molecule has 0 radical (unpaired) electrons. The van der Waals surface area contributed by atoms with Crippen LogP contribution in [0.3, 0.4) is 0 Å². The zero-order valence-corrected chi connectivity index (χ0v) is 14.5. The standard InChI is InChI=1S/C16H14ClN3O4S/c17-13-4-2-12(3-5-13)16(22)19-18-10-11-1-6-15(25-8-7-21)14(9-11)20(23)24/h1-6,9-10,21H,7-8H2,(H,19,22). The molecule has 0 bridgehead atoms. The minimum absolute atomic E-state index is 0.0677. The van der Waals surface area contributed by atoms with Gasteiger partial charge in [0.1, 0.15) is 0 Å². The van der Waals surface area contributed by atoms with Crippen molar-refractivity contribution in [1.29, 1.82) is 0 Å². The number of nitrogens with one attached hydrogen (secondary N) is 1. The fourth-order valence-electron chi connectivity index (χ4n) is 1.87. The molecule has 0 unspecified atom stereocenters. The molecule has 2 aromatic carbocycles. The maximum atomic E-state index is 11.9. The van der Waals surface area contributed by atoms with Crippen molar-refractivity contribution in [3.05, 3.63) is 68.7 Å². The second kappa shape index (κ2) is 9.16. The number of hydrogen-bond donors (Lipinski definition) is 2. The van der Waals surface area contributed by atoms with E-state index in [2.05, 4.69) is 10.5 Å². The van der Waals surface area contributed by atoms with Gasteiger partial charge in [0.2, 0.25) is 0 Å². The van der Waals surface area contributed by atoms with Gasteiger partial charge in [0.15, 0.2) is 0 Å². The molecule has 0 aliphatic heterocycles. The van der Waals surface area contributed by atoms with Crippen molar-refractivity contribution in [2.75, 3.05) is 12.4 Å². The highest BCUT2D eigenvalue weighted by Gasteiger charge is 2.14. The van der Waals surface area contributed by atoms with Gasteiger partial charge in [-0.05, 0) is 30.3 Å². The molecule has 0 atom stereocenters. The lowest BCUT2D eigenvalue weighted by Gasteiger charge is -2.03. The van der Waals surface area contributed by atoms with Crippen molar-refractivity contribution in [2.24, 2.45) is 5.10 Å². The van der Waals surface area contributed by atoms with Gasteiger partial charge < -0.3 is 5.11 Å². The molecule has 7 nitrogen and oxygen atoms in total. The molecule has 0 saturated heterocycles. The van der Waals surface area contributed by atoms with E-state index in [0.717, 1.165) is 0 Å². The fraction of sp³-hybridized carbons (Fsp3) is 0.125. The number of aliphatic hydroxyl groups excluding tert-OH is 1. The van der Waals surface area contributed by atoms with Crippen LogP contribution in [0.15, 0.2) is 52.5 Å². The van der Waals surface area contributed by atoms with Crippen LogP contribution in [-0.2, 0) is 0 Å². The predicted molar refractivity (Wildman–Crippen MR) is 97.4 cm³/mol. The maximum Gasteiger partial charge on any atom is 0.283 e. The van der Waals surface area contributed by atoms with Crippen LogP contribution in [0.4, 0.5) is 5.69 Å². The van der Waals surface area contributed by atoms with Gasteiger partial charge >= 0.3 is 0 Å². The number of carbonyl (C=O) groups is 1. The summed E-state index contributed by atoms with van der Waals surface area (Å²) in [4.78, 5) is 23.0. The first-order valence-electron chi connectivity index (χ1n) is 7.12. The van der Waals surface area contributed by atoms with Gasteiger partial charge in [0.25, 0.3) is 11.6 Å². The van der Waals surface area contributed by atoms with E-state index in [-0.39, 0.29) is 12.3 Å². The second-order valence-electron chi connectivity index (χ2n) is 4.76. The molecule has 9 heteroatoms. The normalized spacial score (nSPS) is 10.8. The number of hydrogen-bond acceptors (Lipinski definition) is 6. The average molecular weight is 380 g/mol. The molecule has 0 heterocycles. The number of nitrogens with zero attached hydrogens (tertiary/aromatic N) is 2. The molecule has 0 fully saturated rings. The molecule has 130 valence electrons. The van der Waals surface area contributed by atoms with Gasteiger partial charge in [-0.25, -0.2) is 5.43 Å². The van der Waals surface area contributed by atoms with Crippen LogP contribution in [0.5, 0.6) is 0 Å². The topological polar surface area (TPSA) is 105 Å². The van der Waals surface area contributed by atoms with Crippen molar-refractivity contribution < 1.29 is 14.8 Å². The van der Waals surface area contributed by atoms with Crippen LogP contribution < -0.4 is 5.43 Å². The van der Waals surface area contributed by atoms with E-state index in [9.17, 15) is 14.9 Å².